The topological polar surface area (TPSA) is 50.9 Å². The van der Waals surface area contributed by atoms with Crippen LogP contribution in [-0.2, 0) is 0 Å². The lowest BCUT2D eigenvalue weighted by Gasteiger charge is -2.19. The second-order valence-electron chi connectivity index (χ2n) is 4.36. The number of nitrogens with two attached hydrogens (primary N) is 1. The fourth-order valence-electron chi connectivity index (χ4n) is 2.04. The van der Waals surface area contributed by atoms with Crippen LogP contribution in [0, 0.1) is 19.7 Å². The smallest absolute Gasteiger partial charge is 0.128 e. The van der Waals surface area contributed by atoms with E-state index in [1.807, 2.05) is 19.9 Å². The van der Waals surface area contributed by atoms with Crippen molar-refractivity contribution in [1.29, 1.82) is 0 Å². The Morgan fingerprint density at radius 1 is 1.22 bits per heavy atom. The number of nitrogens with one attached hydrogen (secondary N) is 1. The molecule has 1 aromatic carbocycles. The van der Waals surface area contributed by atoms with Crippen LogP contribution in [0.4, 0.5) is 4.39 Å². The average molecular weight is 245 g/mol. The Labute approximate surface area is 106 Å². The zero-order valence-electron chi connectivity index (χ0n) is 10.4. The number of hydrogen-bond acceptors (Lipinski definition) is 3. The first-order valence-corrected chi connectivity index (χ1v) is 5.76. The number of nitrogens with zero attached hydrogens (tertiary/aromatic N) is 1. The van der Waals surface area contributed by atoms with Crippen molar-refractivity contribution in [3.63, 3.8) is 0 Å². The SMILES string of the molecule is Cc1ccc(F)c(C(NN)c2ccncc2C)c1. The van der Waals surface area contributed by atoms with E-state index >= 15 is 0 Å². The molecule has 18 heavy (non-hydrogen) atoms. The van der Waals surface area contributed by atoms with Gasteiger partial charge in [-0.15, -0.1) is 0 Å². The molecule has 4 heteroatoms. The van der Waals surface area contributed by atoms with Gasteiger partial charge < -0.3 is 0 Å². The largest absolute Gasteiger partial charge is 0.271 e. The van der Waals surface area contributed by atoms with Crippen LogP contribution in [0.2, 0.25) is 0 Å². The zero-order chi connectivity index (χ0) is 13.1. The molecule has 3 N–H and O–H groups in total. The highest BCUT2D eigenvalue weighted by Gasteiger charge is 2.18. The standard InChI is InChI=1S/C14H16FN3/c1-9-3-4-13(15)12(7-9)14(18-16)11-5-6-17-8-10(11)2/h3-8,14,18H,16H2,1-2H3. The number of rotatable bonds is 3. The molecule has 3 nitrogen and oxygen atoms in total. The highest BCUT2D eigenvalue weighted by Crippen LogP contribution is 2.26. The Morgan fingerprint density at radius 3 is 2.67 bits per heavy atom. The molecule has 1 heterocycles. The molecule has 0 bridgehead atoms. The van der Waals surface area contributed by atoms with Gasteiger partial charge in [-0.3, -0.25) is 10.8 Å². The summed E-state index contributed by atoms with van der Waals surface area (Å²) in [6.07, 6.45) is 3.42. The molecule has 0 spiro atoms. The summed E-state index contributed by atoms with van der Waals surface area (Å²) in [5.74, 6) is 5.32. The normalized spacial score (nSPS) is 12.4. The van der Waals surface area contributed by atoms with E-state index < -0.39 is 0 Å². The average Bonchev–Trinajstić information content (AvgIpc) is 2.36. The Balaban J connectivity index is 2.52. The molecule has 0 aliphatic heterocycles. The quantitative estimate of drug-likeness (QED) is 0.645. The van der Waals surface area contributed by atoms with E-state index in [4.69, 9.17) is 5.84 Å². The van der Waals surface area contributed by atoms with E-state index in [0.717, 1.165) is 16.7 Å². The molecule has 0 saturated heterocycles. The van der Waals surface area contributed by atoms with Gasteiger partial charge in [0.2, 0.25) is 0 Å². The lowest BCUT2D eigenvalue weighted by molar-refractivity contribution is 0.558. The molecule has 1 unspecified atom stereocenters. The monoisotopic (exact) mass is 245 g/mol. The molecule has 1 aromatic heterocycles. The fourth-order valence-corrected chi connectivity index (χ4v) is 2.04. The molecule has 1 atom stereocenters. The Bertz CT molecular complexity index is 554. The van der Waals surface area contributed by atoms with Crippen molar-refractivity contribution < 1.29 is 4.39 Å². The minimum Gasteiger partial charge on any atom is -0.271 e. The van der Waals surface area contributed by atoms with Gasteiger partial charge in [0.1, 0.15) is 5.82 Å². The van der Waals surface area contributed by atoms with Crippen molar-refractivity contribution >= 4 is 0 Å². The molecule has 0 radical (unpaired) electrons. The predicted molar refractivity (Wildman–Crippen MR) is 69.3 cm³/mol. The first kappa shape index (κ1) is 12.7. The summed E-state index contributed by atoms with van der Waals surface area (Å²) in [4.78, 5) is 4.03. The number of pyridine rings is 1. The molecule has 0 amide bonds. The predicted octanol–water partition coefficient (Wildman–Crippen LogP) is 2.39. The van der Waals surface area contributed by atoms with E-state index in [2.05, 4.69) is 10.4 Å². The maximum atomic E-state index is 13.9. The highest BCUT2D eigenvalue weighted by molar-refractivity contribution is 5.37. The molecular weight excluding hydrogens is 229 g/mol. The van der Waals surface area contributed by atoms with Crippen LogP contribution in [0.3, 0.4) is 0 Å². The molecule has 0 fully saturated rings. The summed E-state index contributed by atoms with van der Waals surface area (Å²) in [6, 6.07) is 6.49. The van der Waals surface area contributed by atoms with Crippen LogP contribution in [-0.4, -0.2) is 4.98 Å². The maximum Gasteiger partial charge on any atom is 0.128 e. The van der Waals surface area contributed by atoms with E-state index in [0.29, 0.717) is 5.56 Å². The van der Waals surface area contributed by atoms with Crippen molar-refractivity contribution in [3.8, 4) is 0 Å². The molecule has 0 saturated carbocycles. The van der Waals surface area contributed by atoms with Crippen LogP contribution in [0.25, 0.3) is 0 Å². The van der Waals surface area contributed by atoms with Crippen molar-refractivity contribution in [2.24, 2.45) is 5.84 Å². The van der Waals surface area contributed by atoms with E-state index in [1.165, 1.54) is 6.07 Å². The maximum absolute atomic E-state index is 13.9. The van der Waals surface area contributed by atoms with E-state index in [9.17, 15) is 4.39 Å². The van der Waals surface area contributed by atoms with Gasteiger partial charge in [0.25, 0.3) is 0 Å². The molecular formula is C14H16FN3. The summed E-state index contributed by atoms with van der Waals surface area (Å²) < 4.78 is 13.9. The van der Waals surface area contributed by atoms with Crippen LogP contribution in [0.5, 0.6) is 0 Å². The van der Waals surface area contributed by atoms with Crippen LogP contribution >= 0.6 is 0 Å². The van der Waals surface area contributed by atoms with Crippen molar-refractivity contribution in [3.05, 3.63) is 64.7 Å². The van der Waals surface area contributed by atoms with Crippen molar-refractivity contribution in [2.75, 3.05) is 0 Å². The third-order valence-electron chi connectivity index (χ3n) is 3.00. The number of aryl methyl sites for hydroxylation is 2. The van der Waals surface area contributed by atoms with Crippen LogP contribution in [0.1, 0.15) is 28.3 Å². The minimum absolute atomic E-state index is 0.264. The second-order valence-corrected chi connectivity index (χ2v) is 4.36. The van der Waals surface area contributed by atoms with Gasteiger partial charge in [0.05, 0.1) is 6.04 Å². The third kappa shape index (κ3) is 2.39. The molecule has 94 valence electrons. The van der Waals surface area contributed by atoms with Gasteiger partial charge >= 0.3 is 0 Å². The molecule has 2 rings (SSSR count). The summed E-state index contributed by atoms with van der Waals surface area (Å²) in [7, 11) is 0. The van der Waals surface area contributed by atoms with Crippen LogP contribution in [0.15, 0.2) is 36.7 Å². The van der Waals surface area contributed by atoms with Gasteiger partial charge in [0.15, 0.2) is 0 Å². The van der Waals surface area contributed by atoms with Gasteiger partial charge in [-0.1, -0.05) is 17.7 Å². The summed E-state index contributed by atoms with van der Waals surface area (Å²) in [5, 5.41) is 0. The number of hydrogen-bond donors (Lipinski definition) is 2. The summed E-state index contributed by atoms with van der Waals surface area (Å²) >= 11 is 0. The zero-order valence-corrected chi connectivity index (χ0v) is 10.4. The molecule has 2 aromatic rings. The number of benzene rings is 1. The fraction of sp³-hybridized carbons (Fsp3) is 0.214. The third-order valence-corrected chi connectivity index (χ3v) is 3.00. The Kier molecular flexibility index (Phi) is 3.69. The number of aromatic nitrogens is 1. The molecule has 0 aliphatic rings. The van der Waals surface area contributed by atoms with Crippen molar-refractivity contribution in [2.45, 2.75) is 19.9 Å². The van der Waals surface area contributed by atoms with E-state index in [1.54, 1.807) is 24.5 Å². The first-order chi connectivity index (χ1) is 8.63. The van der Waals surface area contributed by atoms with Gasteiger partial charge in [0, 0.05) is 18.0 Å². The summed E-state index contributed by atoms with van der Waals surface area (Å²) in [6.45, 7) is 3.86. The lowest BCUT2D eigenvalue weighted by atomic mass is 9.95. The Morgan fingerprint density at radius 2 is 2.00 bits per heavy atom. The molecule has 0 aliphatic carbocycles. The first-order valence-electron chi connectivity index (χ1n) is 5.76. The summed E-state index contributed by atoms with van der Waals surface area (Å²) in [5.41, 5.74) is 6.12. The number of hydrazine groups is 1. The number of halogens is 1. The Hall–Kier alpha value is -1.78. The highest BCUT2D eigenvalue weighted by atomic mass is 19.1. The van der Waals surface area contributed by atoms with E-state index in [-0.39, 0.29) is 11.9 Å². The second kappa shape index (κ2) is 5.25. The van der Waals surface area contributed by atoms with Gasteiger partial charge in [-0.25, -0.2) is 9.82 Å². The van der Waals surface area contributed by atoms with Crippen molar-refractivity contribution in [1.82, 2.24) is 10.4 Å². The minimum atomic E-state index is -0.368. The lowest BCUT2D eigenvalue weighted by Crippen LogP contribution is -2.30. The van der Waals surface area contributed by atoms with Gasteiger partial charge in [-0.05, 0) is 37.1 Å². The van der Waals surface area contributed by atoms with Gasteiger partial charge in [-0.2, -0.15) is 0 Å². The van der Waals surface area contributed by atoms with Crippen LogP contribution < -0.4 is 11.3 Å².